The largest absolute Gasteiger partial charge is 0.338 e. The molecule has 3 N–H and O–H groups in total. The lowest BCUT2D eigenvalue weighted by Gasteiger charge is -2.21. The molecule has 5 rings (SSSR count). The Morgan fingerprint density at radius 1 is 0.925 bits per heavy atom. The number of nitrogens with two attached hydrogens (primary N) is 1. The van der Waals surface area contributed by atoms with E-state index in [-0.39, 0.29) is 22.6 Å². The molecule has 4 aromatic carbocycles. The average Bonchev–Trinajstić information content (AvgIpc) is 3.41. The minimum atomic E-state index is -0.956. The Balaban J connectivity index is 1.50. The number of carbonyl (C=O) groups excluding carboxylic acids is 3. The maximum atomic E-state index is 13.8. The normalized spacial score (nSPS) is 11.7. The Morgan fingerprint density at radius 3 is 2.25 bits per heavy atom. The van der Waals surface area contributed by atoms with E-state index in [1.54, 1.807) is 77.7 Å². The molecule has 9 heteroatoms. The molecule has 1 aromatic heterocycles. The lowest BCUT2D eigenvalue weighted by Crippen LogP contribution is -2.34. The Bertz CT molecular complexity index is 1690. The Labute approximate surface area is 240 Å². The van der Waals surface area contributed by atoms with E-state index in [4.69, 9.17) is 17.3 Å². The zero-order valence-electron chi connectivity index (χ0n) is 21.5. The number of anilines is 2. The van der Waals surface area contributed by atoms with Gasteiger partial charge in [-0.25, -0.2) is 4.98 Å². The van der Waals surface area contributed by atoms with Gasteiger partial charge in [-0.05, 0) is 65.7 Å². The smallest absolute Gasteiger partial charge is 0.252 e. The van der Waals surface area contributed by atoms with Crippen LogP contribution < -0.4 is 16.0 Å². The highest BCUT2D eigenvalue weighted by atomic mass is 35.5. The van der Waals surface area contributed by atoms with Crippen molar-refractivity contribution in [3.8, 4) is 0 Å². The highest BCUT2D eigenvalue weighted by Crippen LogP contribution is 2.33. The van der Waals surface area contributed by atoms with E-state index in [2.05, 4.69) is 10.3 Å². The van der Waals surface area contributed by atoms with Crippen molar-refractivity contribution in [3.63, 3.8) is 0 Å². The van der Waals surface area contributed by atoms with E-state index in [1.807, 2.05) is 24.3 Å². The fourth-order valence-corrected chi connectivity index (χ4v) is 5.43. The molecule has 2 amide bonds. The number of ketones is 1. The van der Waals surface area contributed by atoms with Crippen LogP contribution in [0.5, 0.6) is 0 Å². The van der Waals surface area contributed by atoms with Crippen LogP contribution in [-0.4, -0.2) is 22.6 Å². The molecule has 0 saturated heterocycles. The van der Waals surface area contributed by atoms with Crippen molar-refractivity contribution in [3.05, 3.63) is 124 Å². The van der Waals surface area contributed by atoms with Crippen LogP contribution in [0.3, 0.4) is 0 Å². The van der Waals surface area contributed by atoms with Gasteiger partial charge >= 0.3 is 0 Å². The molecule has 0 spiro atoms. The van der Waals surface area contributed by atoms with E-state index < -0.39 is 6.04 Å². The second-order valence-electron chi connectivity index (χ2n) is 9.08. The topological polar surface area (TPSA) is 105 Å². The van der Waals surface area contributed by atoms with E-state index in [1.165, 1.54) is 18.3 Å². The van der Waals surface area contributed by atoms with Crippen LogP contribution in [-0.2, 0) is 11.3 Å². The van der Waals surface area contributed by atoms with Crippen LogP contribution in [0, 0.1) is 0 Å². The summed E-state index contributed by atoms with van der Waals surface area (Å²) in [5.74, 6) is -0.883. The van der Waals surface area contributed by atoms with Gasteiger partial charge in [-0.2, -0.15) is 0 Å². The molecule has 0 radical (unpaired) electrons. The predicted octanol–water partition coefficient (Wildman–Crippen LogP) is 6.45. The summed E-state index contributed by atoms with van der Waals surface area (Å²) < 4.78 is 0.729. The number of amides is 2. The molecule has 5 aromatic rings. The molecule has 40 heavy (non-hydrogen) atoms. The lowest BCUT2D eigenvalue weighted by atomic mass is 10.0. The maximum Gasteiger partial charge on any atom is 0.252 e. The van der Waals surface area contributed by atoms with Gasteiger partial charge in [0.1, 0.15) is 6.04 Å². The van der Waals surface area contributed by atoms with E-state index >= 15 is 0 Å². The summed E-state index contributed by atoms with van der Waals surface area (Å²) >= 11 is 7.24. The quantitative estimate of drug-likeness (QED) is 0.209. The summed E-state index contributed by atoms with van der Waals surface area (Å²) in [4.78, 5) is 45.6. The SMILES string of the molecule is CC(=O)N(c1ccc(Cl)cc1)c1ccc2nc(C(=O)C(NC(=O)c3ccccc3)c3ccc(CN)cc3)sc2c1. The number of hydrogen-bond donors (Lipinski definition) is 2. The predicted molar refractivity (Wildman–Crippen MR) is 159 cm³/mol. The average molecular weight is 569 g/mol. The molecule has 200 valence electrons. The molecule has 1 atom stereocenters. The van der Waals surface area contributed by atoms with Crippen LogP contribution in [0.25, 0.3) is 10.2 Å². The Kier molecular flexibility index (Phi) is 8.02. The van der Waals surface area contributed by atoms with Gasteiger partial charge in [0.2, 0.25) is 11.7 Å². The van der Waals surface area contributed by atoms with Crippen molar-refractivity contribution in [1.82, 2.24) is 10.3 Å². The van der Waals surface area contributed by atoms with Crippen LogP contribution in [0.4, 0.5) is 11.4 Å². The number of benzene rings is 4. The highest BCUT2D eigenvalue weighted by molar-refractivity contribution is 7.20. The fourth-order valence-electron chi connectivity index (χ4n) is 4.33. The summed E-state index contributed by atoms with van der Waals surface area (Å²) in [6.45, 7) is 1.85. The van der Waals surface area contributed by atoms with Gasteiger partial charge in [-0.1, -0.05) is 54.1 Å². The number of carbonyl (C=O) groups is 3. The molecule has 1 heterocycles. The van der Waals surface area contributed by atoms with Gasteiger partial charge in [0.05, 0.1) is 15.9 Å². The number of thiazole rings is 1. The molecule has 0 bridgehead atoms. The van der Waals surface area contributed by atoms with Crippen molar-refractivity contribution in [1.29, 1.82) is 0 Å². The van der Waals surface area contributed by atoms with Crippen molar-refractivity contribution >= 4 is 62.1 Å². The van der Waals surface area contributed by atoms with Gasteiger partial charge in [0.15, 0.2) is 5.01 Å². The van der Waals surface area contributed by atoms with E-state index in [0.29, 0.717) is 39.6 Å². The summed E-state index contributed by atoms with van der Waals surface area (Å²) in [6.07, 6.45) is 0. The fraction of sp³-hybridized carbons (Fsp3) is 0.0968. The minimum absolute atomic E-state index is 0.174. The number of Topliss-reactive ketones (excluding diaryl/α,β-unsaturated/α-hetero) is 1. The van der Waals surface area contributed by atoms with E-state index in [9.17, 15) is 14.4 Å². The number of halogens is 1. The number of hydrogen-bond acceptors (Lipinski definition) is 6. The maximum absolute atomic E-state index is 13.8. The number of aromatic nitrogens is 1. The molecule has 0 aliphatic heterocycles. The third-order valence-corrected chi connectivity index (χ3v) is 7.65. The number of nitrogens with zero attached hydrogens (tertiary/aromatic N) is 2. The third-order valence-electron chi connectivity index (χ3n) is 6.36. The van der Waals surface area contributed by atoms with Gasteiger partial charge in [-0.15, -0.1) is 11.3 Å². The molecule has 0 aliphatic carbocycles. The standard InChI is InChI=1S/C31H25ClN4O3S/c1-19(37)36(24-13-11-23(32)12-14-24)25-15-16-26-27(17-25)40-31(34-26)29(38)28(21-9-7-20(18-33)8-10-21)35-30(39)22-5-3-2-4-6-22/h2-17,28H,18,33H2,1H3,(H,35,39). The van der Waals surface area contributed by atoms with Crippen LogP contribution in [0.15, 0.2) is 97.1 Å². The van der Waals surface area contributed by atoms with Crippen LogP contribution in [0.2, 0.25) is 5.02 Å². The number of rotatable bonds is 8. The van der Waals surface area contributed by atoms with Gasteiger partial charge in [0, 0.05) is 29.7 Å². The first kappa shape index (κ1) is 27.2. The van der Waals surface area contributed by atoms with Crippen LogP contribution >= 0.6 is 22.9 Å². The molecule has 1 unspecified atom stereocenters. The molecular formula is C31H25ClN4O3S. The lowest BCUT2D eigenvalue weighted by molar-refractivity contribution is -0.115. The molecule has 0 aliphatic rings. The Hall–Kier alpha value is -4.37. The van der Waals surface area contributed by atoms with E-state index in [0.717, 1.165) is 10.3 Å². The zero-order chi connectivity index (χ0) is 28.2. The summed E-state index contributed by atoms with van der Waals surface area (Å²) in [6, 6.07) is 27.4. The Morgan fingerprint density at radius 2 is 1.60 bits per heavy atom. The van der Waals surface area contributed by atoms with Crippen molar-refractivity contribution < 1.29 is 14.4 Å². The second-order valence-corrected chi connectivity index (χ2v) is 10.6. The molecular weight excluding hydrogens is 544 g/mol. The monoisotopic (exact) mass is 568 g/mol. The first-order valence-electron chi connectivity index (χ1n) is 12.5. The van der Waals surface area contributed by atoms with Gasteiger partial charge in [-0.3, -0.25) is 19.3 Å². The first-order chi connectivity index (χ1) is 19.3. The first-order valence-corrected chi connectivity index (χ1v) is 13.7. The number of fused-ring (bicyclic) bond motifs is 1. The summed E-state index contributed by atoms with van der Waals surface area (Å²) in [5, 5.41) is 3.70. The van der Waals surface area contributed by atoms with Gasteiger partial charge in [0.25, 0.3) is 5.91 Å². The number of nitrogens with one attached hydrogen (secondary N) is 1. The summed E-state index contributed by atoms with van der Waals surface area (Å²) in [7, 11) is 0. The zero-order valence-corrected chi connectivity index (χ0v) is 23.1. The highest BCUT2D eigenvalue weighted by Gasteiger charge is 2.27. The van der Waals surface area contributed by atoms with Crippen molar-refractivity contribution in [2.45, 2.75) is 19.5 Å². The van der Waals surface area contributed by atoms with Crippen molar-refractivity contribution in [2.24, 2.45) is 5.73 Å². The minimum Gasteiger partial charge on any atom is -0.338 e. The van der Waals surface area contributed by atoms with Crippen molar-refractivity contribution in [2.75, 3.05) is 4.90 Å². The summed E-state index contributed by atoms with van der Waals surface area (Å²) in [5.41, 5.74) is 9.64. The second kappa shape index (κ2) is 11.8. The van der Waals surface area contributed by atoms with Gasteiger partial charge < -0.3 is 11.1 Å². The van der Waals surface area contributed by atoms with Crippen LogP contribution in [0.1, 0.15) is 44.3 Å². The molecule has 0 fully saturated rings. The molecule has 0 saturated carbocycles. The third kappa shape index (κ3) is 5.79. The molecule has 7 nitrogen and oxygen atoms in total.